The molecule has 0 spiro atoms. The number of halogens is 3. The Kier molecular flexibility index (Phi) is 11.8. The van der Waals surface area contributed by atoms with E-state index in [1.165, 1.54) is 19.2 Å². The van der Waals surface area contributed by atoms with Crippen molar-refractivity contribution in [3.63, 3.8) is 0 Å². The van der Waals surface area contributed by atoms with Crippen molar-refractivity contribution in [2.45, 2.75) is 30.8 Å². The number of carbonyl (C=O) groups is 2. The van der Waals surface area contributed by atoms with Crippen LogP contribution in [0.25, 0.3) is 16.9 Å². The van der Waals surface area contributed by atoms with Crippen LogP contribution in [-0.2, 0) is 30.5 Å². The Labute approximate surface area is 278 Å². The van der Waals surface area contributed by atoms with Gasteiger partial charge in [0.25, 0.3) is 16.8 Å². The molecule has 1 aromatic heterocycles. The van der Waals surface area contributed by atoms with E-state index in [0.29, 0.717) is 17.5 Å². The standard InChI is InChI=1S/C31H31F3N6O8S/c1-22-10-12-23(13-11-22)27-20-28(31(32,33)34)35-39(27)25-14-16-26(17-15-25)49(44,45)36-30(42)46-19-7-6-18-38(2)40(43)37-48-21-47-29(41)24-8-4-3-5-9-24/h3-5,8-17,20H,6-7,18-19,21H2,1-2H3,(H,36,42)/b40-37-. The second-order valence-electron chi connectivity index (χ2n) is 10.4. The number of hydrogen-bond donors (Lipinski definition) is 1. The van der Waals surface area contributed by atoms with Gasteiger partial charge in [-0.15, -0.1) is 5.01 Å². The Hall–Kier alpha value is -5.65. The summed E-state index contributed by atoms with van der Waals surface area (Å²) in [5.74, 6) is -0.652. The molecule has 0 radical (unpaired) electrons. The van der Waals surface area contributed by atoms with Gasteiger partial charge >= 0.3 is 18.2 Å². The maximum Gasteiger partial charge on any atom is 0.435 e. The lowest BCUT2D eigenvalue weighted by molar-refractivity contribution is -0.706. The van der Waals surface area contributed by atoms with Crippen LogP contribution in [0.1, 0.15) is 34.5 Å². The number of aromatic nitrogens is 2. The molecule has 0 saturated carbocycles. The molecular weight excluding hydrogens is 673 g/mol. The first-order valence-corrected chi connectivity index (χ1v) is 16.0. The Morgan fingerprint density at radius 3 is 2.33 bits per heavy atom. The quantitative estimate of drug-likeness (QED) is 0.0435. The summed E-state index contributed by atoms with van der Waals surface area (Å²) in [7, 11) is -2.98. The maximum atomic E-state index is 13.5. The number of amides is 1. The third-order valence-electron chi connectivity index (χ3n) is 6.74. The number of unbranched alkanes of at least 4 members (excludes halogenated alkanes) is 1. The predicted octanol–water partition coefficient (Wildman–Crippen LogP) is 5.62. The fraction of sp³-hybridized carbons (Fsp3) is 0.258. The van der Waals surface area contributed by atoms with E-state index in [1.54, 1.807) is 59.3 Å². The fourth-order valence-corrected chi connectivity index (χ4v) is 5.07. The van der Waals surface area contributed by atoms with Gasteiger partial charge in [-0.3, -0.25) is 0 Å². The number of hydrogen-bond acceptors (Lipinski definition) is 10. The zero-order chi connectivity index (χ0) is 35.6. The number of benzene rings is 3. The molecule has 1 N–H and O–H groups in total. The van der Waals surface area contributed by atoms with E-state index < -0.39 is 40.7 Å². The van der Waals surface area contributed by atoms with E-state index >= 15 is 0 Å². The first-order valence-electron chi connectivity index (χ1n) is 14.5. The van der Waals surface area contributed by atoms with Crippen molar-refractivity contribution in [3.05, 3.63) is 107 Å². The number of carbonyl (C=O) groups excluding carboxylic acids is 2. The van der Waals surface area contributed by atoms with E-state index in [-0.39, 0.29) is 40.8 Å². The highest BCUT2D eigenvalue weighted by Gasteiger charge is 2.35. The number of ether oxygens (including phenoxy) is 2. The number of aryl methyl sites for hydroxylation is 1. The van der Waals surface area contributed by atoms with Crippen LogP contribution in [0.15, 0.2) is 95.1 Å². The molecule has 0 atom stereocenters. The summed E-state index contributed by atoms with van der Waals surface area (Å²) in [6, 6.07) is 20.6. The van der Waals surface area contributed by atoms with Crippen molar-refractivity contribution in [3.8, 4) is 16.9 Å². The van der Waals surface area contributed by atoms with Crippen molar-refractivity contribution in [1.82, 2.24) is 19.5 Å². The summed E-state index contributed by atoms with van der Waals surface area (Å²) in [4.78, 5) is 28.5. The fourth-order valence-electron chi connectivity index (χ4n) is 4.18. The molecule has 3 aromatic carbocycles. The second-order valence-corrected chi connectivity index (χ2v) is 12.1. The van der Waals surface area contributed by atoms with E-state index in [9.17, 15) is 36.4 Å². The molecule has 18 heteroatoms. The molecule has 4 aromatic rings. The summed E-state index contributed by atoms with van der Waals surface area (Å²) in [6.45, 7) is 1.22. The van der Waals surface area contributed by atoms with E-state index in [2.05, 4.69) is 10.4 Å². The van der Waals surface area contributed by atoms with Crippen LogP contribution >= 0.6 is 0 Å². The zero-order valence-electron chi connectivity index (χ0n) is 26.2. The average Bonchev–Trinajstić information content (AvgIpc) is 3.53. The number of esters is 1. The molecule has 0 aliphatic rings. The van der Waals surface area contributed by atoms with Crippen LogP contribution in [0.2, 0.25) is 0 Å². The zero-order valence-corrected chi connectivity index (χ0v) is 27.0. The number of nitrogens with one attached hydrogen (secondary N) is 1. The summed E-state index contributed by atoms with van der Waals surface area (Å²) in [6.07, 6.45) is -5.37. The summed E-state index contributed by atoms with van der Waals surface area (Å²) in [5, 5.41) is 20.0. The molecule has 0 saturated heterocycles. The minimum absolute atomic E-state index is 0.132. The monoisotopic (exact) mass is 704 g/mol. The number of rotatable bonds is 14. The van der Waals surface area contributed by atoms with Gasteiger partial charge in [0.05, 0.1) is 47.0 Å². The Balaban J connectivity index is 1.23. The predicted molar refractivity (Wildman–Crippen MR) is 166 cm³/mol. The smallest absolute Gasteiger partial charge is 0.435 e. The maximum absolute atomic E-state index is 13.5. The van der Waals surface area contributed by atoms with Gasteiger partial charge in [0.15, 0.2) is 5.69 Å². The summed E-state index contributed by atoms with van der Waals surface area (Å²) < 4.78 is 78.5. The number of nitrogens with zero attached hydrogens (tertiary/aromatic N) is 5. The van der Waals surface area contributed by atoms with Crippen LogP contribution in [0.5, 0.6) is 0 Å². The molecule has 0 unspecified atom stereocenters. The topological polar surface area (TPSA) is 167 Å². The summed E-state index contributed by atoms with van der Waals surface area (Å²) in [5.41, 5.74) is 0.852. The summed E-state index contributed by atoms with van der Waals surface area (Å²) >= 11 is 0. The highest BCUT2D eigenvalue weighted by Crippen LogP contribution is 2.33. The molecule has 4 rings (SSSR count). The van der Waals surface area contributed by atoms with E-state index in [0.717, 1.165) is 33.5 Å². The highest BCUT2D eigenvalue weighted by atomic mass is 32.2. The lowest BCUT2D eigenvalue weighted by Gasteiger charge is -2.13. The van der Waals surface area contributed by atoms with Crippen LogP contribution in [0.3, 0.4) is 0 Å². The average molecular weight is 705 g/mol. The Bertz CT molecular complexity index is 1870. The van der Waals surface area contributed by atoms with Gasteiger partial charge in [0.2, 0.25) is 5.28 Å². The van der Waals surface area contributed by atoms with Crippen LogP contribution < -0.4 is 4.72 Å². The molecule has 14 nitrogen and oxygen atoms in total. The van der Waals surface area contributed by atoms with Crippen molar-refractivity contribution >= 4 is 22.1 Å². The Morgan fingerprint density at radius 2 is 1.67 bits per heavy atom. The van der Waals surface area contributed by atoms with Gasteiger partial charge in [-0.2, -0.15) is 18.3 Å². The molecule has 0 fully saturated rings. The number of alkyl halides is 3. The lowest BCUT2D eigenvalue weighted by atomic mass is 10.1. The first-order chi connectivity index (χ1) is 23.2. The molecule has 1 amide bonds. The number of sulfonamides is 1. The normalized spacial score (nSPS) is 11.9. The molecule has 0 bridgehead atoms. The Morgan fingerprint density at radius 1 is 1.00 bits per heavy atom. The van der Waals surface area contributed by atoms with Gasteiger partial charge in [-0.05, 0) is 62.2 Å². The van der Waals surface area contributed by atoms with Crippen molar-refractivity contribution in [1.29, 1.82) is 0 Å². The molecule has 0 aliphatic carbocycles. The van der Waals surface area contributed by atoms with Crippen molar-refractivity contribution in [2.24, 2.45) is 5.28 Å². The minimum Gasteiger partial charge on any atom is -0.569 e. The first kappa shape index (κ1) is 36.2. The molecule has 260 valence electrons. The van der Waals surface area contributed by atoms with Gasteiger partial charge in [0.1, 0.15) is 0 Å². The van der Waals surface area contributed by atoms with Gasteiger partial charge < -0.3 is 19.5 Å². The molecule has 0 aliphatic heterocycles. The van der Waals surface area contributed by atoms with E-state index in [4.69, 9.17) is 14.3 Å². The van der Waals surface area contributed by atoms with Gasteiger partial charge in [-0.1, -0.05) is 48.0 Å². The number of hydrazine groups is 1. The molecule has 1 heterocycles. The van der Waals surface area contributed by atoms with Gasteiger partial charge in [0, 0.05) is 5.56 Å². The molecular formula is C31H31F3N6O8S. The SMILES string of the molecule is Cc1ccc(-c2cc(C(F)(F)F)nn2-c2ccc(S(=O)(=O)NC(=O)OCCCCN(C)/[N+]([O-])=N/OCOC(=O)c3ccccc3)cc2)cc1. The van der Waals surface area contributed by atoms with E-state index in [1.807, 2.05) is 6.92 Å². The third-order valence-corrected chi connectivity index (χ3v) is 8.07. The third kappa shape index (κ3) is 10.2. The van der Waals surface area contributed by atoms with Crippen molar-refractivity contribution in [2.75, 3.05) is 27.0 Å². The molecule has 49 heavy (non-hydrogen) atoms. The largest absolute Gasteiger partial charge is 0.569 e. The van der Waals surface area contributed by atoms with Crippen LogP contribution in [0, 0.1) is 12.1 Å². The van der Waals surface area contributed by atoms with Crippen LogP contribution in [-0.4, -0.2) is 67.2 Å². The van der Waals surface area contributed by atoms with Gasteiger partial charge in [-0.25, -0.2) is 27.4 Å². The van der Waals surface area contributed by atoms with Crippen LogP contribution in [0.4, 0.5) is 18.0 Å². The highest BCUT2D eigenvalue weighted by molar-refractivity contribution is 7.90. The minimum atomic E-state index is -4.71. The lowest BCUT2D eigenvalue weighted by Crippen LogP contribution is -2.31. The van der Waals surface area contributed by atoms with Crippen molar-refractivity contribution < 1.29 is 50.5 Å². The second kappa shape index (κ2) is 16.0.